The van der Waals surface area contributed by atoms with Gasteiger partial charge in [-0.05, 0) is 18.3 Å². The summed E-state index contributed by atoms with van der Waals surface area (Å²) in [5.41, 5.74) is 0. The minimum absolute atomic E-state index is 0.216. The second-order valence-corrected chi connectivity index (χ2v) is 8.16. The fraction of sp³-hybridized carbons (Fsp3) is 0.696. The van der Waals surface area contributed by atoms with Gasteiger partial charge < -0.3 is 4.74 Å². The topological polar surface area (TPSA) is 26.3 Å². The van der Waals surface area contributed by atoms with Gasteiger partial charge in [0.1, 0.15) is 5.75 Å². The standard InChI is InChI=1S/C23H33F3O2/c1-2-3-4-5-6-7-8-17-9-11-18(12-10-17)13-14-22(27)28-19-15-20(24)23(26)21(25)16-19/h15-18H,2-14H2,1H3/t17-,18-. The predicted octanol–water partition coefficient (Wildman–Crippen LogP) is 7.35. The van der Waals surface area contributed by atoms with Crippen molar-refractivity contribution in [2.75, 3.05) is 0 Å². The Hall–Kier alpha value is -1.52. The highest BCUT2D eigenvalue weighted by Crippen LogP contribution is 2.34. The average Bonchev–Trinajstić information content (AvgIpc) is 2.68. The Bertz CT molecular complexity index is 587. The minimum atomic E-state index is -1.56. The SMILES string of the molecule is CCCCCCCC[C@H]1CC[C@H](CCC(=O)Oc2cc(F)c(F)c(F)c2)CC1. The summed E-state index contributed by atoms with van der Waals surface area (Å²) in [6, 6.07) is 1.40. The van der Waals surface area contributed by atoms with E-state index in [1.807, 2.05) is 0 Å². The van der Waals surface area contributed by atoms with E-state index in [0.717, 1.165) is 25.2 Å². The first kappa shape index (κ1) is 22.8. The quantitative estimate of drug-likeness (QED) is 0.169. The van der Waals surface area contributed by atoms with Crippen LogP contribution in [-0.2, 0) is 4.79 Å². The van der Waals surface area contributed by atoms with Gasteiger partial charge in [-0.1, -0.05) is 77.6 Å². The van der Waals surface area contributed by atoms with Gasteiger partial charge in [-0.25, -0.2) is 13.2 Å². The number of benzene rings is 1. The molecule has 5 heteroatoms. The van der Waals surface area contributed by atoms with E-state index in [4.69, 9.17) is 4.74 Å². The molecule has 0 radical (unpaired) electrons. The highest BCUT2D eigenvalue weighted by atomic mass is 19.2. The molecule has 158 valence electrons. The van der Waals surface area contributed by atoms with Crippen molar-refractivity contribution < 1.29 is 22.7 Å². The van der Waals surface area contributed by atoms with Crippen LogP contribution < -0.4 is 4.74 Å². The van der Waals surface area contributed by atoms with E-state index in [-0.39, 0.29) is 12.2 Å². The summed E-state index contributed by atoms with van der Waals surface area (Å²) in [5.74, 6) is -3.76. The zero-order valence-electron chi connectivity index (χ0n) is 17.0. The van der Waals surface area contributed by atoms with Crippen LogP contribution in [0.5, 0.6) is 5.75 Å². The molecule has 2 rings (SSSR count). The number of carbonyl (C=O) groups excluding carboxylic acids is 1. The lowest BCUT2D eigenvalue weighted by molar-refractivity contribution is -0.134. The van der Waals surface area contributed by atoms with Gasteiger partial charge in [0.15, 0.2) is 17.5 Å². The van der Waals surface area contributed by atoms with Gasteiger partial charge in [-0.2, -0.15) is 0 Å². The third kappa shape index (κ3) is 7.84. The predicted molar refractivity (Wildman–Crippen MR) is 105 cm³/mol. The molecule has 0 aliphatic heterocycles. The second-order valence-electron chi connectivity index (χ2n) is 8.16. The van der Waals surface area contributed by atoms with Gasteiger partial charge in [0.2, 0.25) is 0 Å². The van der Waals surface area contributed by atoms with Crippen molar-refractivity contribution in [2.24, 2.45) is 11.8 Å². The Balaban J connectivity index is 1.60. The lowest BCUT2D eigenvalue weighted by atomic mass is 9.78. The van der Waals surface area contributed by atoms with Crippen LogP contribution in [-0.4, -0.2) is 5.97 Å². The molecule has 2 nitrogen and oxygen atoms in total. The highest BCUT2D eigenvalue weighted by molar-refractivity contribution is 5.72. The summed E-state index contributed by atoms with van der Waals surface area (Å²) in [7, 11) is 0. The summed E-state index contributed by atoms with van der Waals surface area (Å²) >= 11 is 0. The summed E-state index contributed by atoms with van der Waals surface area (Å²) in [4.78, 5) is 11.9. The Morgan fingerprint density at radius 3 is 2.04 bits per heavy atom. The second kappa shape index (κ2) is 12.1. The van der Waals surface area contributed by atoms with Crippen molar-refractivity contribution in [1.82, 2.24) is 0 Å². The molecule has 0 unspecified atom stereocenters. The monoisotopic (exact) mass is 398 g/mol. The van der Waals surface area contributed by atoms with Crippen LogP contribution in [0.3, 0.4) is 0 Å². The first-order chi connectivity index (χ1) is 13.5. The number of hydrogen-bond acceptors (Lipinski definition) is 2. The third-order valence-corrected chi connectivity index (χ3v) is 5.88. The number of rotatable bonds is 11. The molecule has 0 atom stereocenters. The number of halogens is 3. The Morgan fingerprint density at radius 1 is 0.893 bits per heavy atom. The molecule has 1 aliphatic carbocycles. The van der Waals surface area contributed by atoms with E-state index < -0.39 is 23.4 Å². The zero-order valence-corrected chi connectivity index (χ0v) is 17.0. The van der Waals surface area contributed by atoms with Crippen molar-refractivity contribution >= 4 is 5.97 Å². The molecule has 0 N–H and O–H groups in total. The Morgan fingerprint density at radius 2 is 1.43 bits per heavy atom. The molecule has 0 amide bonds. The van der Waals surface area contributed by atoms with Crippen LogP contribution in [0.4, 0.5) is 13.2 Å². The number of esters is 1. The van der Waals surface area contributed by atoms with Crippen molar-refractivity contribution in [3.8, 4) is 5.75 Å². The smallest absolute Gasteiger partial charge is 0.311 e. The maximum absolute atomic E-state index is 13.2. The van der Waals surface area contributed by atoms with E-state index in [0.29, 0.717) is 18.1 Å². The molecular formula is C23H33F3O2. The zero-order chi connectivity index (χ0) is 20.4. The van der Waals surface area contributed by atoms with Crippen LogP contribution >= 0.6 is 0 Å². The molecule has 0 spiro atoms. The van der Waals surface area contributed by atoms with Gasteiger partial charge in [0, 0.05) is 18.6 Å². The van der Waals surface area contributed by atoms with E-state index in [1.165, 1.54) is 57.8 Å². The van der Waals surface area contributed by atoms with Crippen LogP contribution in [0.2, 0.25) is 0 Å². The Labute approximate surface area is 166 Å². The summed E-state index contributed by atoms with van der Waals surface area (Å²) < 4.78 is 44.2. The van der Waals surface area contributed by atoms with Gasteiger partial charge in [0.05, 0.1) is 0 Å². The largest absolute Gasteiger partial charge is 0.426 e. The molecule has 0 saturated heterocycles. The van der Waals surface area contributed by atoms with Crippen molar-refractivity contribution in [3.05, 3.63) is 29.6 Å². The molecule has 1 aromatic rings. The molecule has 1 saturated carbocycles. The molecule has 1 aliphatic rings. The molecule has 0 heterocycles. The van der Waals surface area contributed by atoms with Crippen LogP contribution in [0.25, 0.3) is 0 Å². The van der Waals surface area contributed by atoms with Crippen LogP contribution in [0.1, 0.15) is 90.4 Å². The summed E-state index contributed by atoms with van der Waals surface area (Å²) in [5, 5.41) is 0. The first-order valence-electron chi connectivity index (χ1n) is 10.8. The molecule has 0 bridgehead atoms. The lowest BCUT2D eigenvalue weighted by Crippen LogP contribution is -2.17. The first-order valence-corrected chi connectivity index (χ1v) is 10.8. The van der Waals surface area contributed by atoms with E-state index >= 15 is 0 Å². The fourth-order valence-electron chi connectivity index (χ4n) is 4.12. The van der Waals surface area contributed by atoms with Crippen LogP contribution in [0.15, 0.2) is 12.1 Å². The molecular weight excluding hydrogens is 365 g/mol. The number of hydrogen-bond donors (Lipinski definition) is 0. The van der Waals surface area contributed by atoms with Crippen LogP contribution in [0, 0.1) is 29.3 Å². The summed E-state index contributed by atoms with van der Waals surface area (Å²) in [6.07, 6.45) is 15.0. The molecule has 0 aromatic heterocycles. The maximum Gasteiger partial charge on any atom is 0.311 e. The average molecular weight is 399 g/mol. The molecule has 1 fully saturated rings. The lowest BCUT2D eigenvalue weighted by Gasteiger charge is -2.28. The normalized spacial score (nSPS) is 19.6. The van der Waals surface area contributed by atoms with Gasteiger partial charge in [-0.3, -0.25) is 4.79 Å². The van der Waals surface area contributed by atoms with Crippen molar-refractivity contribution in [3.63, 3.8) is 0 Å². The number of unbranched alkanes of at least 4 members (excludes halogenated alkanes) is 5. The van der Waals surface area contributed by atoms with Crippen molar-refractivity contribution in [1.29, 1.82) is 0 Å². The van der Waals surface area contributed by atoms with Gasteiger partial charge in [0.25, 0.3) is 0 Å². The minimum Gasteiger partial charge on any atom is -0.426 e. The summed E-state index contributed by atoms with van der Waals surface area (Å²) in [6.45, 7) is 2.24. The number of ether oxygens (including phenoxy) is 1. The third-order valence-electron chi connectivity index (χ3n) is 5.88. The van der Waals surface area contributed by atoms with Gasteiger partial charge in [-0.15, -0.1) is 0 Å². The van der Waals surface area contributed by atoms with Crippen molar-refractivity contribution in [2.45, 2.75) is 90.4 Å². The Kier molecular flexibility index (Phi) is 9.86. The van der Waals surface area contributed by atoms with E-state index in [2.05, 4.69) is 6.92 Å². The van der Waals surface area contributed by atoms with Gasteiger partial charge >= 0.3 is 5.97 Å². The highest BCUT2D eigenvalue weighted by Gasteiger charge is 2.22. The fourth-order valence-corrected chi connectivity index (χ4v) is 4.12. The van der Waals surface area contributed by atoms with E-state index in [9.17, 15) is 18.0 Å². The maximum atomic E-state index is 13.2. The molecule has 1 aromatic carbocycles. The number of carbonyl (C=O) groups is 1. The molecule has 28 heavy (non-hydrogen) atoms. The van der Waals surface area contributed by atoms with E-state index in [1.54, 1.807) is 0 Å².